The topological polar surface area (TPSA) is 105 Å². The maximum atomic E-state index is 13.3. The molecule has 2 amide bonds. The predicted octanol–water partition coefficient (Wildman–Crippen LogP) is 5.03. The number of carboxylic acids is 1. The molecular weight excluding hydrogens is 451 g/mol. The zero-order valence-electron chi connectivity index (χ0n) is 19.1. The standard InChI is InChI=1S/C27H25FN2O5/c1-16(12-25(31)30-24-11-10-17(28)13-22(24)26(32)33)14-29-27(34)35-15-23-20-8-4-2-6-18(20)19-7-3-5-9-21(19)23/h2-11,13,16,23H,12,14-15H2,1H3,(H,29,34)(H,30,31)(H,32,33). The predicted molar refractivity (Wildman–Crippen MR) is 129 cm³/mol. The number of ether oxygens (including phenoxy) is 1. The van der Waals surface area contributed by atoms with Crippen LogP contribution in [-0.2, 0) is 9.53 Å². The minimum atomic E-state index is -1.34. The van der Waals surface area contributed by atoms with Gasteiger partial charge in [-0.05, 0) is 46.4 Å². The van der Waals surface area contributed by atoms with E-state index in [4.69, 9.17) is 4.74 Å². The summed E-state index contributed by atoms with van der Waals surface area (Å²) in [6.07, 6.45) is -0.550. The number of nitrogens with one attached hydrogen (secondary N) is 2. The first kappa shape index (κ1) is 23.9. The molecule has 35 heavy (non-hydrogen) atoms. The van der Waals surface area contributed by atoms with Crippen molar-refractivity contribution in [2.75, 3.05) is 18.5 Å². The molecule has 0 saturated carbocycles. The lowest BCUT2D eigenvalue weighted by atomic mass is 9.98. The first-order valence-electron chi connectivity index (χ1n) is 11.2. The molecule has 8 heteroatoms. The van der Waals surface area contributed by atoms with Crippen molar-refractivity contribution in [1.29, 1.82) is 0 Å². The molecule has 7 nitrogen and oxygen atoms in total. The molecule has 0 saturated heterocycles. The van der Waals surface area contributed by atoms with Crippen molar-refractivity contribution in [3.8, 4) is 11.1 Å². The maximum Gasteiger partial charge on any atom is 0.407 e. The van der Waals surface area contributed by atoms with Gasteiger partial charge in [-0.25, -0.2) is 14.0 Å². The minimum absolute atomic E-state index is 0.0144. The highest BCUT2D eigenvalue weighted by Gasteiger charge is 2.29. The van der Waals surface area contributed by atoms with Crippen LogP contribution in [0.15, 0.2) is 66.7 Å². The Bertz CT molecular complexity index is 1230. The number of hydrogen-bond donors (Lipinski definition) is 3. The summed E-state index contributed by atoms with van der Waals surface area (Å²) in [5.74, 6) is -2.79. The Morgan fingerprint density at radius 1 is 1.00 bits per heavy atom. The monoisotopic (exact) mass is 476 g/mol. The van der Waals surface area contributed by atoms with Crippen LogP contribution in [-0.4, -0.2) is 36.2 Å². The van der Waals surface area contributed by atoms with Gasteiger partial charge in [0.25, 0.3) is 0 Å². The van der Waals surface area contributed by atoms with Crippen molar-refractivity contribution >= 4 is 23.7 Å². The first-order chi connectivity index (χ1) is 16.8. The van der Waals surface area contributed by atoms with E-state index in [0.29, 0.717) is 0 Å². The molecule has 1 aliphatic carbocycles. The number of carboxylic acid groups (broad SMARTS) is 1. The highest BCUT2D eigenvalue weighted by atomic mass is 19.1. The van der Waals surface area contributed by atoms with E-state index in [-0.39, 0.29) is 42.7 Å². The SMILES string of the molecule is CC(CNC(=O)OCC1c2ccccc2-c2ccccc21)CC(=O)Nc1ccc(F)cc1C(=O)O. The number of fused-ring (bicyclic) bond motifs is 3. The number of hydrogen-bond acceptors (Lipinski definition) is 4. The number of aromatic carboxylic acids is 1. The second-order valence-electron chi connectivity index (χ2n) is 8.56. The molecule has 1 atom stereocenters. The van der Waals surface area contributed by atoms with Gasteiger partial charge in [-0.2, -0.15) is 0 Å². The van der Waals surface area contributed by atoms with Gasteiger partial charge >= 0.3 is 12.1 Å². The van der Waals surface area contributed by atoms with E-state index in [1.165, 1.54) is 6.07 Å². The second-order valence-corrected chi connectivity index (χ2v) is 8.56. The van der Waals surface area contributed by atoms with Gasteiger partial charge < -0.3 is 20.5 Å². The fraction of sp³-hybridized carbons (Fsp3) is 0.222. The third kappa shape index (κ3) is 5.48. The van der Waals surface area contributed by atoms with Crippen LogP contribution in [0, 0.1) is 11.7 Å². The van der Waals surface area contributed by atoms with Gasteiger partial charge in [-0.1, -0.05) is 55.5 Å². The van der Waals surface area contributed by atoms with Crippen LogP contribution in [0.4, 0.5) is 14.9 Å². The van der Waals surface area contributed by atoms with Crippen molar-refractivity contribution in [2.24, 2.45) is 5.92 Å². The van der Waals surface area contributed by atoms with Crippen LogP contribution >= 0.6 is 0 Å². The van der Waals surface area contributed by atoms with E-state index in [2.05, 4.69) is 22.8 Å². The number of carbonyl (C=O) groups is 3. The van der Waals surface area contributed by atoms with E-state index >= 15 is 0 Å². The number of halogens is 1. The molecule has 0 heterocycles. The fourth-order valence-electron chi connectivity index (χ4n) is 4.30. The number of carbonyl (C=O) groups excluding carboxylic acids is 2. The van der Waals surface area contributed by atoms with Crippen LogP contribution in [0.2, 0.25) is 0 Å². The molecule has 4 rings (SSSR count). The Balaban J connectivity index is 1.27. The number of anilines is 1. The van der Waals surface area contributed by atoms with Crippen LogP contribution < -0.4 is 10.6 Å². The molecule has 3 aromatic carbocycles. The van der Waals surface area contributed by atoms with E-state index in [9.17, 15) is 23.9 Å². The Morgan fingerprint density at radius 3 is 2.26 bits per heavy atom. The van der Waals surface area contributed by atoms with Gasteiger partial charge in [-0.15, -0.1) is 0 Å². The summed E-state index contributed by atoms with van der Waals surface area (Å²) in [4.78, 5) is 35.9. The van der Waals surface area contributed by atoms with Crippen molar-refractivity contribution in [3.05, 3.63) is 89.2 Å². The van der Waals surface area contributed by atoms with Crippen molar-refractivity contribution < 1.29 is 28.6 Å². The van der Waals surface area contributed by atoms with Crippen LogP contribution in [0.1, 0.15) is 40.7 Å². The molecule has 1 unspecified atom stereocenters. The summed E-state index contributed by atoms with van der Waals surface area (Å²) in [7, 11) is 0. The Kier molecular flexibility index (Phi) is 7.10. The van der Waals surface area contributed by atoms with E-state index in [1.54, 1.807) is 6.92 Å². The smallest absolute Gasteiger partial charge is 0.407 e. The van der Waals surface area contributed by atoms with Gasteiger partial charge in [-0.3, -0.25) is 4.79 Å². The maximum absolute atomic E-state index is 13.3. The zero-order chi connectivity index (χ0) is 24.9. The normalized spacial score (nSPS) is 12.9. The van der Waals surface area contributed by atoms with Gasteiger partial charge in [0.2, 0.25) is 5.91 Å². The van der Waals surface area contributed by atoms with Crippen molar-refractivity contribution in [3.63, 3.8) is 0 Å². The Labute approximate surface area is 201 Å². The van der Waals surface area contributed by atoms with Crippen LogP contribution in [0.3, 0.4) is 0 Å². The molecule has 0 bridgehead atoms. The van der Waals surface area contributed by atoms with Crippen molar-refractivity contribution in [1.82, 2.24) is 5.32 Å². The lowest BCUT2D eigenvalue weighted by molar-refractivity contribution is -0.116. The van der Waals surface area contributed by atoms with Gasteiger partial charge in [0.1, 0.15) is 12.4 Å². The van der Waals surface area contributed by atoms with E-state index in [0.717, 1.165) is 34.4 Å². The summed E-state index contributed by atoms with van der Waals surface area (Å²) in [5.41, 5.74) is 4.21. The van der Waals surface area contributed by atoms with Crippen molar-refractivity contribution in [2.45, 2.75) is 19.3 Å². The lowest BCUT2D eigenvalue weighted by Crippen LogP contribution is -2.31. The number of amides is 2. The van der Waals surface area contributed by atoms with E-state index in [1.807, 2.05) is 36.4 Å². The third-order valence-electron chi connectivity index (χ3n) is 5.96. The molecule has 180 valence electrons. The molecule has 0 aromatic heterocycles. The summed E-state index contributed by atoms with van der Waals surface area (Å²) in [6, 6.07) is 19.2. The molecular formula is C27H25FN2O5. The van der Waals surface area contributed by atoms with Crippen LogP contribution in [0.5, 0.6) is 0 Å². The quantitative estimate of drug-likeness (QED) is 0.423. The average molecular weight is 477 g/mol. The first-order valence-corrected chi connectivity index (χ1v) is 11.2. The molecule has 0 spiro atoms. The second kappa shape index (κ2) is 10.4. The van der Waals surface area contributed by atoms with E-state index < -0.39 is 23.8 Å². The lowest BCUT2D eigenvalue weighted by Gasteiger charge is -2.16. The minimum Gasteiger partial charge on any atom is -0.478 e. The summed E-state index contributed by atoms with van der Waals surface area (Å²) < 4.78 is 18.8. The largest absolute Gasteiger partial charge is 0.478 e. The Hall–Kier alpha value is -4.20. The number of benzene rings is 3. The fourth-order valence-corrected chi connectivity index (χ4v) is 4.30. The van der Waals surface area contributed by atoms with Gasteiger partial charge in [0.05, 0.1) is 11.3 Å². The molecule has 3 N–H and O–H groups in total. The summed E-state index contributed by atoms with van der Waals surface area (Å²) >= 11 is 0. The Morgan fingerprint density at radius 2 is 1.63 bits per heavy atom. The van der Waals surface area contributed by atoms with Crippen LogP contribution in [0.25, 0.3) is 11.1 Å². The molecule has 0 radical (unpaired) electrons. The summed E-state index contributed by atoms with van der Waals surface area (Å²) in [5, 5.41) is 14.4. The average Bonchev–Trinajstić information content (AvgIpc) is 3.16. The zero-order valence-corrected chi connectivity index (χ0v) is 19.1. The highest BCUT2D eigenvalue weighted by Crippen LogP contribution is 2.44. The number of rotatable bonds is 8. The van der Waals surface area contributed by atoms with Gasteiger partial charge in [0.15, 0.2) is 0 Å². The number of alkyl carbamates (subject to hydrolysis) is 1. The third-order valence-corrected chi connectivity index (χ3v) is 5.96. The van der Waals surface area contributed by atoms with Gasteiger partial charge in [0, 0.05) is 18.9 Å². The molecule has 0 aliphatic heterocycles. The summed E-state index contributed by atoms with van der Waals surface area (Å²) in [6.45, 7) is 2.16. The molecule has 3 aromatic rings. The molecule has 1 aliphatic rings. The molecule has 0 fully saturated rings. The highest BCUT2D eigenvalue weighted by molar-refractivity contribution is 6.00.